The van der Waals surface area contributed by atoms with Gasteiger partial charge in [0.05, 0.1) is 25.7 Å². The summed E-state index contributed by atoms with van der Waals surface area (Å²) >= 11 is 0. The van der Waals surface area contributed by atoms with Crippen LogP contribution in [0.3, 0.4) is 0 Å². The highest BCUT2D eigenvalue weighted by Gasteiger charge is 2.45. The Labute approximate surface area is 169 Å². The first-order chi connectivity index (χ1) is 14.0. The van der Waals surface area contributed by atoms with E-state index >= 15 is 0 Å². The Kier molecular flexibility index (Phi) is 4.12. The Morgan fingerprint density at radius 3 is 2.52 bits per heavy atom. The molecule has 0 saturated carbocycles. The molecule has 3 heterocycles. The molecule has 0 radical (unpaired) electrons. The number of carbonyl (C=O) groups excluding carboxylic acids is 1. The van der Waals surface area contributed by atoms with Gasteiger partial charge < -0.3 is 23.7 Å². The van der Waals surface area contributed by atoms with E-state index in [2.05, 4.69) is 13.8 Å². The Morgan fingerprint density at radius 1 is 1.03 bits per heavy atom. The van der Waals surface area contributed by atoms with Crippen molar-refractivity contribution in [1.82, 2.24) is 0 Å². The molecule has 2 aromatic rings. The summed E-state index contributed by atoms with van der Waals surface area (Å²) in [5.74, 6) is 3.24. The number of methoxy groups -OCH3 is 2. The lowest BCUT2D eigenvalue weighted by molar-refractivity contribution is 0.0554. The smallest absolute Gasteiger partial charge is 0.178 e. The van der Waals surface area contributed by atoms with E-state index in [1.807, 2.05) is 18.2 Å². The van der Waals surface area contributed by atoms with Crippen LogP contribution in [0.4, 0.5) is 0 Å². The molecule has 0 fully saturated rings. The van der Waals surface area contributed by atoms with Crippen LogP contribution >= 0.6 is 0 Å². The Morgan fingerprint density at radius 2 is 1.79 bits per heavy atom. The fourth-order valence-corrected chi connectivity index (χ4v) is 4.46. The van der Waals surface area contributed by atoms with Crippen LogP contribution in [0.5, 0.6) is 28.7 Å². The van der Waals surface area contributed by atoms with Crippen molar-refractivity contribution in [1.29, 1.82) is 0 Å². The summed E-state index contributed by atoms with van der Waals surface area (Å²) in [7, 11) is 3.16. The molecule has 3 atom stereocenters. The average molecular weight is 396 g/mol. The highest BCUT2D eigenvalue weighted by Crippen LogP contribution is 2.49. The van der Waals surface area contributed by atoms with E-state index in [9.17, 15) is 4.79 Å². The minimum absolute atomic E-state index is 0.0452. The second kappa shape index (κ2) is 6.58. The van der Waals surface area contributed by atoms with Crippen molar-refractivity contribution in [2.24, 2.45) is 5.92 Å². The third-order valence-corrected chi connectivity index (χ3v) is 6.09. The van der Waals surface area contributed by atoms with E-state index in [1.54, 1.807) is 20.3 Å². The summed E-state index contributed by atoms with van der Waals surface area (Å²) in [5.41, 5.74) is 2.37. The topological polar surface area (TPSA) is 63.2 Å². The van der Waals surface area contributed by atoms with Gasteiger partial charge in [-0.25, -0.2) is 0 Å². The summed E-state index contributed by atoms with van der Waals surface area (Å²) < 4.78 is 29.2. The van der Waals surface area contributed by atoms with Crippen LogP contribution in [-0.4, -0.2) is 38.8 Å². The van der Waals surface area contributed by atoms with Gasteiger partial charge in [-0.3, -0.25) is 4.79 Å². The van der Waals surface area contributed by atoms with Crippen LogP contribution in [0.15, 0.2) is 24.3 Å². The van der Waals surface area contributed by atoms with Crippen LogP contribution in [0.1, 0.15) is 41.3 Å². The van der Waals surface area contributed by atoms with Gasteiger partial charge in [0.2, 0.25) is 0 Å². The van der Waals surface area contributed by atoms with E-state index in [0.29, 0.717) is 41.1 Å². The number of fused-ring (bicyclic) bond motifs is 6. The molecule has 3 aliphatic heterocycles. The van der Waals surface area contributed by atoms with Crippen LogP contribution in [0.2, 0.25) is 0 Å². The molecule has 5 rings (SSSR count). The standard InChI is InChI=1S/C23H24O6/c1-11(2)16-8-14-15(28-16)6-5-12-22(24)21-13-7-18(25-3)19(26-4)9-17(13)27-10-20(21)29-23(12)14/h5-7,9,11,16,20-21H,8,10H2,1-4H3/t16-,20-,21-/m1/s1. The van der Waals surface area contributed by atoms with E-state index in [1.165, 1.54) is 0 Å². The van der Waals surface area contributed by atoms with E-state index in [0.717, 1.165) is 23.3 Å². The number of Topliss-reactive ketones (excluding diaryl/α,β-unsaturated/α-hetero) is 1. The summed E-state index contributed by atoms with van der Waals surface area (Å²) in [6.07, 6.45) is 0.474. The first kappa shape index (κ1) is 18.2. The highest BCUT2D eigenvalue weighted by atomic mass is 16.5. The summed E-state index contributed by atoms with van der Waals surface area (Å²) in [6, 6.07) is 7.32. The molecule has 6 nitrogen and oxygen atoms in total. The molecule has 0 spiro atoms. The summed E-state index contributed by atoms with van der Waals surface area (Å²) in [5, 5.41) is 0. The van der Waals surface area contributed by atoms with Crippen molar-refractivity contribution in [2.45, 2.75) is 38.4 Å². The van der Waals surface area contributed by atoms with E-state index in [4.69, 9.17) is 23.7 Å². The molecular formula is C23H24O6. The molecule has 0 unspecified atom stereocenters. The third-order valence-electron chi connectivity index (χ3n) is 6.09. The monoisotopic (exact) mass is 396 g/mol. The number of hydrogen-bond acceptors (Lipinski definition) is 6. The van der Waals surface area contributed by atoms with Gasteiger partial charge in [0.15, 0.2) is 17.3 Å². The van der Waals surface area contributed by atoms with Gasteiger partial charge in [0.1, 0.15) is 36.1 Å². The maximum absolute atomic E-state index is 13.5. The van der Waals surface area contributed by atoms with Crippen LogP contribution in [0, 0.1) is 5.92 Å². The van der Waals surface area contributed by atoms with E-state index in [-0.39, 0.29) is 18.0 Å². The minimum Gasteiger partial charge on any atom is -0.493 e. The molecule has 0 aliphatic carbocycles. The van der Waals surface area contributed by atoms with Crippen molar-refractivity contribution < 1.29 is 28.5 Å². The molecule has 0 saturated heterocycles. The first-order valence-corrected chi connectivity index (χ1v) is 9.94. The zero-order valence-corrected chi connectivity index (χ0v) is 17.0. The van der Waals surface area contributed by atoms with Gasteiger partial charge in [-0.1, -0.05) is 13.8 Å². The fraction of sp³-hybridized carbons (Fsp3) is 0.435. The average Bonchev–Trinajstić information content (AvgIpc) is 3.17. The Hall–Kier alpha value is -2.89. The van der Waals surface area contributed by atoms with Crippen molar-refractivity contribution in [3.63, 3.8) is 0 Å². The molecule has 29 heavy (non-hydrogen) atoms. The lowest BCUT2D eigenvalue weighted by Crippen LogP contribution is -2.43. The largest absolute Gasteiger partial charge is 0.493 e. The van der Waals surface area contributed by atoms with Gasteiger partial charge in [0.25, 0.3) is 0 Å². The molecule has 0 bridgehead atoms. The first-order valence-electron chi connectivity index (χ1n) is 9.94. The number of ketones is 1. The SMILES string of the molecule is COc1cc2c(cc1OC)[C@H]1C(=O)c3ccc4c(c3O[C@@H]1CO2)C[C@H](C(C)C)O4. The molecule has 6 heteroatoms. The predicted octanol–water partition coefficient (Wildman–Crippen LogP) is 3.78. The summed E-state index contributed by atoms with van der Waals surface area (Å²) in [4.78, 5) is 13.5. The second-order valence-corrected chi connectivity index (χ2v) is 8.08. The van der Waals surface area contributed by atoms with Gasteiger partial charge >= 0.3 is 0 Å². The van der Waals surface area contributed by atoms with Crippen LogP contribution < -0.4 is 23.7 Å². The van der Waals surface area contributed by atoms with Crippen molar-refractivity contribution >= 4 is 5.78 Å². The molecule has 0 N–H and O–H groups in total. The number of ether oxygens (including phenoxy) is 5. The minimum atomic E-state index is -0.438. The second-order valence-electron chi connectivity index (χ2n) is 8.08. The van der Waals surface area contributed by atoms with Gasteiger partial charge in [-0.05, 0) is 24.1 Å². The zero-order valence-electron chi connectivity index (χ0n) is 17.0. The molecule has 3 aliphatic rings. The van der Waals surface area contributed by atoms with Crippen LogP contribution in [-0.2, 0) is 6.42 Å². The van der Waals surface area contributed by atoms with Crippen molar-refractivity contribution in [3.05, 3.63) is 41.0 Å². The molecule has 0 amide bonds. The molecular weight excluding hydrogens is 372 g/mol. The Balaban J connectivity index is 1.57. The number of benzene rings is 2. The molecule has 0 aromatic heterocycles. The molecule has 2 aromatic carbocycles. The lowest BCUT2D eigenvalue weighted by Gasteiger charge is -2.37. The highest BCUT2D eigenvalue weighted by molar-refractivity contribution is 6.06. The Bertz CT molecular complexity index is 995. The van der Waals surface area contributed by atoms with Gasteiger partial charge in [0, 0.05) is 23.6 Å². The predicted molar refractivity (Wildman–Crippen MR) is 106 cm³/mol. The maximum Gasteiger partial charge on any atom is 0.178 e. The molecule has 152 valence electrons. The summed E-state index contributed by atoms with van der Waals surface area (Å²) in [6.45, 7) is 4.58. The number of hydrogen-bond donors (Lipinski definition) is 0. The lowest BCUT2D eigenvalue weighted by atomic mass is 9.81. The fourth-order valence-electron chi connectivity index (χ4n) is 4.46. The normalized spacial score (nSPS) is 23.8. The van der Waals surface area contributed by atoms with Crippen LogP contribution in [0.25, 0.3) is 0 Å². The number of carbonyl (C=O) groups is 1. The zero-order chi connectivity index (χ0) is 20.3. The number of rotatable bonds is 3. The maximum atomic E-state index is 13.5. The van der Waals surface area contributed by atoms with Crippen molar-refractivity contribution in [3.8, 4) is 28.7 Å². The van der Waals surface area contributed by atoms with Gasteiger partial charge in [-0.2, -0.15) is 0 Å². The third kappa shape index (κ3) is 2.65. The quantitative estimate of drug-likeness (QED) is 0.787. The van der Waals surface area contributed by atoms with Gasteiger partial charge in [-0.15, -0.1) is 0 Å². The van der Waals surface area contributed by atoms with E-state index < -0.39 is 5.92 Å². The van der Waals surface area contributed by atoms with Crippen molar-refractivity contribution in [2.75, 3.05) is 20.8 Å².